The highest BCUT2D eigenvalue weighted by Gasteiger charge is 2.17. The normalized spacial score (nSPS) is 15.2. The van der Waals surface area contributed by atoms with E-state index in [4.69, 9.17) is 0 Å². The van der Waals surface area contributed by atoms with Gasteiger partial charge in [-0.15, -0.1) is 11.3 Å². The van der Waals surface area contributed by atoms with Gasteiger partial charge in [0.15, 0.2) is 0 Å². The number of rotatable bonds is 8. The summed E-state index contributed by atoms with van der Waals surface area (Å²) in [7, 11) is 0. The molecule has 1 fully saturated rings. The smallest absolute Gasteiger partial charge is 0.226 e. The molecule has 3 heterocycles. The molecule has 1 amide bonds. The number of hydrogen-bond acceptors (Lipinski definition) is 6. The molecule has 0 atom stereocenters. The number of piperazine rings is 1. The summed E-state index contributed by atoms with van der Waals surface area (Å²) in [6, 6.07) is 14.5. The molecule has 6 nitrogen and oxygen atoms in total. The lowest BCUT2D eigenvalue weighted by molar-refractivity contribution is -0.120. The first-order chi connectivity index (χ1) is 14.8. The van der Waals surface area contributed by atoms with Gasteiger partial charge in [-0.3, -0.25) is 19.6 Å². The maximum atomic E-state index is 12.3. The van der Waals surface area contributed by atoms with E-state index in [1.807, 2.05) is 17.5 Å². The molecule has 1 aromatic carbocycles. The molecule has 0 bridgehead atoms. The summed E-state index contributed by atoms with van der Waals surface area (Å²) in [6.07, 6.45) is 3.86. The van der Waals surface area contributed by atoms with Crippen LogP contribution in [-0.2, 0) is 17.8 Å². The van der Waals surface area contributed by atoms with E-state index in [-0.39, 0.29) is 5.91 Å². The van der Waals surface area contributed by atoms with E-state index in [9.17, 15) is 4.79 Å². The van der Waals surface area contributed by atoms with Crippen molar-refractivity contribution in [1.82, 2.24) is 25.1 Å². The van der Waals surface area contributed by atoms with Crippen molar-refractivity contribution in [1.29, 1.82) is 0 Å². The molecule has 0 spiro atoms. The molecule has 0 aliphatic carbocycles. The molecule has 7 heteroatoms. The van der Waals surface area contributed by atoms with E-state index in [1.165, 1.54) is 5.56 Å². The van der Waals surface area contributed by atoms with Crippen molar-refractivity contribution in [3.8, 4) is 10.6 Å². The zero-order chi connectivity index (χ0) is 20.6. The summed E-state index contributed by atoms with van der Waals surface area (Å²) < 4.78 is 0. The van der Waals surface area contributed by atoms with Crippen molar-refractivity contribution >= 4 is 17.2 Å². The van der Waals surface area contributed by atoms with E-state index >= 15 is 0 Å². The number of carbonyl (C=O) groups excluding carboxylic acids is 1. The van der Waals surface area contributed by atoms with Crippen LogP contribution in [0.3, 0.4) is 0 Å². The average Bonchev–Trinajstić information content (AvgIpc) is 3.25. The van der Waals surface area contributed by atoms with Crippen LogP contribution in [0.2, 0.25) is 0 Å². The Balaban J connectivity index is 1.14. The fraction of sp³-hybridized carbons (Fsp3) is 0.348. The van der Waals surface area contributed by atoms with Crippen molar-refractivity contribution < 1.29 is 4.79 Å². The molecule has 2 aromatic heterocycles. The van der Waals surface area contributed by atoms with Gasteiger partial charge in [-0.1, -0.05) is 30.3 Å². The molecular formula is C23H27N5OS. The van der Waals surface area contributed by atoms with Gasteiger partial charge in [0.1, 0.15) is 5.01 Å². The highest BCUT2D eigenvalue weighted by atomic mass is 32.1. The third-order valence-corrected chi connectivity index (χ3v) is 6.21. The van der Waals surface area contributed by atoms with Gasteiger partial charge in [0.05, 0.1) is 12.1 Å². The van der Waals surface area contributed by atoms with E-state index in [2.05, 4.69) is 55.4 Å². The summed E-state index contributed by atoms with van der Waals surface area (Å²) in [5.74, 6) is 0.0285. The van der Waals surface area contributed by atoms with Crippen LogP contribution in [0.25, 0.3) is 10.6 Å². The number of benzene rings is 1. The second kappa shape index (κ2) is 10.4. The van der Waals surface area contributed by atoms with Crippen LogP contribution < -0.4 is 5.32 Å². The van der Waals surface area contributed by atoms with Crippen molar-refractivity contribution in [2.45, 2.75) is 13.0 Å². The Hall–Kier alpha value is -2.61. The Labute approximate surface area is 181 Å². The molecule has 1 aliphatic heterocycles. The minimum Gasteiger partial charge on any atom is -0.354 e. The third-order valence-electron chi connectivity index (χ3n) is 5.27. The summed E-state index contributed by atoms with van der Waals surface area (Å²) in [6.45, 7) is 6.81. The zero-order valence-electron chi connectivity index (χ0n) is 17.0. The molecule has 1 N–H and O–H groups in total. The van der Waals surface area contributed by atoms with Gasteiger partial charge in [0.25, 0.3) is 0 Å². The van der Waals surface area contributed by atoms with Crippen LogP contribution in [0.4, 0.5) is 0 Å². The first-order valence-corrected chi connectivity index (χ1v) is 11.2. The lowest BCUT2D eigenvalue weighted by Crippen LogP contribution is -2.48. The monoisotopic (exact) mass is 421 g/mol. The number of amides is 1. The molecular weight excluding hydrogens is 394 g/mol. The molecule has 1 aliphatic rings. The Morgan fingerprint density at radius 3 is 2.60 bits per heavy atom. The lowest BCUT2D eigenvalue weighted by atomic mass is 10.2. The average molecular weight is 422 g/mol. The minimum atomic E-state index is 0.0285. The fourth-order valence-corrected chi connectivity index (χ4v) is 4.41. The molecule has 0 unspecified atom stereocenters. The predicted octanol–water partition coefficient (Wildman–Crippen LogP) is 2.68. The lowest BCUT2D eigenvalue weighted by Gasteiger charge is -2.34. The maximum Gasteiger partial charge on any atom is 0.226 e. The van der Waals surface area contributed by atoms with Gasteiger partial charge in [-0.2, -0.15) is 0 Å². The zero-order valence-corrected chi connectivity index (χ0v) is 17.9. The molecule has 4 rings (SSSR count). The van der Waals surface area contributed by atoms with Gasteiger partial charge < -0.3 is 5.32 Å². The van der Waals surface area contributed by atoms with Crippen molar-refractivity contribution in [3.05, 3.63) is 71.5 Å². The number of aromatic nitrogens is 2. The fourth-order valence-electron chi connectivity index (χ4n) is 3.60. The SMILES string of the molecule is O=C(Cc1csc(-c2cccnc2)n1)NCCN1CCN(Cc2ccccc2)CC1. The molecule has 30 heavy (non-hydrogen) atoms. The molecule has 156 valence electrons. The van der Waals surface area contributed by atoms with Crippen LogP contribution in [-0.4, -0.2) is 64.9 Å². The van der Waals surface area contributed by atoms with Crippen molar-refractivity contribution in [2.75, 3.05) is 39.3 Å². The largest absolute Gasteiger partial charge is 0.354 e. The Kier molecular flexibility index (Phi) is 7.18. The number of carbonyl (C=O) groups is 1. The van der Waals surface area contributed by atoms with E-state index < -0.39 is 0 Å². The minimum absolute atomic E-state index is 0.0285. The predicted molar refractivity (Wildman–Crippen MR) is 120 cm³/mol. The van der Waals surface area contributed by atoms with Crippen molar-refractivity contribution in [2.24, 2.45) is 0 Å². The molecule has 3 aromatic rings. The standard InChI is InChI=1S/C23H27N5OS/c29-22(15-21-18-30-23(26-21)20-7-4-8-24-16-20)25-9-10-27-11-13-28(14-12-27)17-19-5-2-1-3-6-19/h1-8,16,18H,9-15,17H2,(H,25,29). The van der Waals surface area contributed by atoms with E-state index in [0.717, 1.165) is 55.5 Å². The number of thiazole rings is 1. The summed E-state index contributed by atoms with van der Waals surface area (Å²) in [4.78, 5) is 25.9. The molecule has 1 saturated heterocycles. The van der Waals surface area contributed by atoms with E-state index in [1.54, 1.807) is 23.7 Å². The van der Waals surface area contributed by atoms with Gasteiger partial charge in [0, 0.05) is 69.2 Å². The van der Waals surface area contributed by atoms with Crippen LogP contribution in [0, 0.1) is 0 Å². The number of hydrogen-bond donors (Lipinski definition) is 1. The van der Waals surface area contributed by atoms with Crippen LogP contribution >= 0.6 is 11.3 Å². The number of pyridine rings is 1. The molecule has 0 saturated carbocycles. The van der Waals surface area contributed by atoms with Gasteiger partial charge in [-0.05, 0) is 17.7 Å². The number of nitrogens with one attached hydrogen (secondary N) is 1. The van der Waals surface area contributed by atoms with Gasteiger partial charge in [-0.25, -0.2) is 4.98 Å². The summed E-state index contributed by atoms with van der Waals surface area (Å²) in [5.41, 5.74) is 3.17. The van der Waals surface area contributed by atoms with E-state index in [0.29, 0.717) is 13.0 Å². The van der Waals surface area contributed by atoms with Crippen molar-refractivity contribution in [3.63, 3.8) is 0 Å². The highest BCUT2D eigenvalue weighted by Crippen LogP contribution is 2.22. The summed E-state index contributed by atoms with van der Waals surface area (Å²) >= 11 is 1.55. The van der Waals surface area contributed by atoms with Crippen LogP contribution in [0.5, 0.6) is 0 Å². The Morgan fingerprint density at radius 2 is 1.83 bits per heavy atom. The quantitative estimate of drug-likeness (QED) is 0.606. The first-order valence-electron chi connectivity index (χ1n) is 10.4. The third kappa shape index (κ3) is 5.95. The Bertz CT molecular complexity index is 923. The second-order valence-electron chi connectivity index (χ2n) is 7.52. The Morgan fingerprint density at radius 1 is 1.03 bits per heavy atom. The second-order valence-corrected chi connectivity index (χ2v) is 8.37. The first kappa shape index (κ1) is 20.7. The highest BCUT2D eigenvalue weighted by molar-refractivity contribution is 7.13. The number of nitrogens with zero attached hydrogens (tertiary/aromatic N) is 4. The summed E-state index contributed by atoms with van der Waals surface area (Å²) in [5, 5.41) is 5.89. The maximum absolute atomic E-state index is 12.3. The van der Waals surface area contributed by atoms with Gasteiger partial charge >= 0.3 is 0 Å². The van der Waals surface area contributed by atoms with Gasteiger partial charge in [0.2, 0.25) is 5.91 Å². The molecule has 0 radical (unpaired) electrons. The topological polar surface area (TPSA) is 61.4 Å². The van der Waals surface area contributed by atoms with Crippen LogP contribution in [0.15, 0.2) is 60.2 Å². The van der Waals surface area contributed by atoms with Crippen LogP contribution in [0.1, 0.15) is 11.3 Å².